The summed E-state index contributed by atoms with van der Waals surface area (Å²) in [5, 5.41) is 0. The Bertz CT molecular complexity index is 443. The summed E-state index contributed by atoms with van der Waals surface area (Å²) in [6, 6.07) is 1.50. The summed E-state index contributed by atoms with van der Waals surface area (Å²) in [6.07, 6.45) is 6.55. The number of aromatic nitrogens is 4. The summed E-state index contributed by atoms with van der Waals surface area (Å²) in [6.45, 7) is 1.83. The second-order valence-corrected chi connectivity index (χ2v) is 3.18. The van der Waals surface area contributed by atoms with Crippen LogP contribution in [0.3, 0.4) is 0 Å². The van der Waals surface area contributed by atoms with Gasteiger partial charge in [-0.15, -0.1) is 0 Å². The Kier molecular flexibility index (Phi) is 2.64. The van der Waals surface area contributed by atoms with Crippen LogP contribution >= 0.6 is 0 Å². The summed E-state index contributed by atoms with van der Waals surface area (Å²) in [4.78, 5) is 16.1. The summed E-state index contributed by atoms with van der Waals surface area (Å²) in [5.41, 5.74) is 7.63. The molecule has 0 aliphatic heterocycles. The van der Waals surface area contributed by atoms with Gasteiger partial charge >= 0.3 is 0 Å². The predicted octanol–water partition coefficient (Wildman–Crippen LogP) is 0.623. The third kappa shape index (κ3) is 2.13. The molecule has 0 saturated carbocycles. The number of hydrogen-bond donors (Lipinski definition) is 1. The maximum Gasteiger partial charge on any atom is 0.125 e. The maximum atomic E-state index is 6.01. The molecule has 76 valence electrons. The third-order valence-corrected chi connectivity index (χ3v) is 2.06. The zero-order chi connectivity index (χ0) is 10.7. The summed E-state index contributed by atoms with van der Waals surface area (Å²) < 4.78 is 0. The Labute approximate surface area is 87.4 Å². The first-order valence-corrected chi connectivity index (χ1v) is 4.57. The van der Waals surface area contributed by atoms with Gasteiger partial charge in [-0.25, -0.2) is 19.9 Å². The fourth-order valence-electron chi connectivity index (χ4n) is 1.29. The zero-order valence-corrected chi connectivity index (χ0v) is 8.33. The highest BCUT2D eigenvalue weighted by atomic mass is 14.9. The van der Waals surface area contributed by atoms with E-state index in [1.165, 1.54) is 6.33 Å². The molecule has 0 fully saturated rings. The second kappa shape index (κ2) is 4.10. The highest BCUT2D eigenvalue weighted by Gasteiger charge is 2.10. The summed E-state index contributed by atoms with van der Waals surface area (Å²) in [5.74, 6) is 0.708. The normalized spacial score (nSPS) is 12.4. The van der Waals surface area contributed by atoms with E-state index in [1.54, 1.807) is 24.7 Å². The SMILES string of the molecule is Cc1nccc(C(N)c2cncnc2)n1. The Balaban J connectivity index is 2.32. The van der Waals surface area contributed by atoms with Gasteiger partial charge in [0.15, 0.2) is 0 Å². The van der Waals surface area contributed by atoms with Crippen LogP contribution in [0.1, 0.15) is 23.1 Å². The van der Waals surface area contributed by atoms with Crippen molar-refractivity contribution in [3.63, 3.8) is 0 Å². The van der Waals surface area contributed by atoms with E-state index in [1.807, 2.05) is 6.92 Å². The van der Waals surface area contributed by atoms with E-state index in [-0.39, 0.29) is 6.04 Å². The molecule has 0 spiro atoms. The van der Waals surface area contributed by atoms with Gasteiger partial charge in [0.05, 0.1) is 11.7 Å². The lowest BCUT2D eigenvalue weighted by atomic mass is 10.1. The standard InChI is InChI=1S/C10H11N5/c1-7-14-3-2-9(15-7)10(11)8-4-12-6-13-5-8/h2-6,10H,11H2,1H3. The van der Waals surface area contributed by atoms with Gasteiger partial charge in [-0.3, -0.25) is 0 Å². The minimum absolute atomic E-state index is 0.298. The molecule has 5 heteroatoms. The first-order valence-electron chi connectivity index (χ1n) is 4.57. The van der Waals surface area contributed by atoms with Crippen LogP contribution in [0.2, 0.25) is 0 Å². The third-order valence-electron chi connectivity index (χ3n) is 2.06. The van der Waals surface area contributed by atoms with Crippen molar-refractivity contribution in [2.75, 3.05) is 0 Å². The minimum Gasteiger partial charge on any atom is -0.319 e. The molecular formula is C10H11N5. The average molecular weight is 201 g/mol. The number of hydrogen-bond acceptors (Lipinski definition) is 5. The van der Waals surface area contributed by atoms with Crippen LogP contribution in [0, 0.1) is 6.92 Å². The van der Waals surface area contributed by atoms with Gasteiger partial charge in [-0.05, 0) is 13.0 Å². The van der Waals surface area contributed by atoms with Crippen molar-refractivity contribution in [3.8, 4) is 0 Å². The highest BCUT2D eigenvalue weighted by Crippen LogP contribution is 2.14. The largest absolute Gasteiger partial charge is 0.319 e. The molecule has 0 aliphatic rings. The van der Waals surface area contributed by atoms with E-state index in [0.717, 1.165) is 11.3 Å². The van der Waals surface area contributed by atoms with Crippen molar-refractivity contribution in [2.45, 2.75) is 13.0 Å². The second-order valence-electron chi connectivity index (χ2n) is 3.18. The van der Waals surface area contributed by atoms with Gasteiger partial charge < -0.3 is 5.73 Å². The molecule has 2 N–H and O–H groups in total. The average Bonchev–Trinajstić information content (AvgIpc) is 2.29. The van der Waals surface area contributed by atoms with Crippen LogP contribution in [0.4, 0.5) is 0 Å². The lowest BCUT2D eigenvalue weighted by Crippen LogP contribution is -2.14. The van der Waals surface area contributed by atoms with E-state index < -0.39 is 0 Å². The van der Waals surface area contributed by atoms with Crippen molar-refractivity contribution >= 4 is 0 Å². The van der Waals surface area contributed by atoms with Crippen molar-refractivity contribution < 1.29 is 0 Å². The number of nitrogens with zero attached hydrogens (tertiary/aromatic N) is 4. The molecule has 0 aliphatic carbocycles. The molecule has 0 bridgehead atoms. The van der Waals surface area contributed by atoms with E-state index in [0.29, 0.717) is 5.82 Å². The van der Waals surface area contributed by atoms with Crippen LogP contribution in [-0.2, 0) is 0 Å². The lowest BCUT2D eigenvalue weighted by Gasteiger charge is -2.10. The van der Waals surface area contributed by atoms with Gasteiger partial charge in [-0.1, -0.05) is 0 Å². The molecular weight excluding hydrogens is 190 g/mol. The maximum absolute atomic E-state index is 6.01. The number of rotatable bonds is 2. The number of nitrogens with two attached hydrogens (primary N) is 1. The van der Waals surface area contributed by atoms with Crippen LogP contribution in [0.5, 0.6) is 0 Å². The van der Waals surface area contributed by atoms with Crippen molar-refractivity contribution in [2.24, 2.45) is 5.73 Å². The van der Waals surface area contributed by atoms with E-state index in [2.05, 4.69) is 19.9 Å². The zero-order valence-electron chi connectivity index (χ0n) is 8.33. The minimum atomic E-state index is -0.298. The van der Waals surface area contributed by atoms with Crippen molar-refractivity contribution in [1.29, 1.82) is 0 Å². The molecule has 2 aromatic heterocycles. The van der Waals surface area contributed by atoms with Gasteiger partial charge in [0.1, 0.15) is 12.2 Å². The highest BCUT2D eigenvalue weighted by molar-refractivity contribution is 5.21. The fourth-order valence-corrected chi connectivity index (χ4v) is 1.29. The van der Waals surface area contributed by atoms with E-state index in [9.17, 15) is 0 Å². The monoisotopic (exact) mass is 201 g/mol. The lowest BCUT2D eigenvalue weighted by molar-refractivity contribution is 0.795. The Hall–Kier alpha value is -1.88. The first kappa shape index (κ1) is 9.67. The van der Waals surface area contributed by atoms with Crippen LogP contribution in [0.25, 0.3) is 0 Å². The van der Waals surface area contributed by atoms with Gasteiger partial charge in [0.2, 0.25) is 0 Å². The molecule has 2 heterocycles. The molecule has 5 nitrogen and oxygen atoms in total. The van der Waals surface area contributed by atoms with Crippen LogP contribution < -0.4 is 5.73 Å². The Morgan fingerprint density at radius 2 is 2.00 bits per heavy atom. The van der Waals surface area contributed by atoms with Crippen LogP contribution in [-0.4, -0.2) is 19.9 Å². The fraction of sp³-hybridized carbons (Fsp3) is 0.200. The van der Waals surface area contributed by atoms with Gasteiger partial charge in [0, 0.05) is 24.2 Å². The van der Waals surface area contributed by atoms with Crippen molar-refractivity contribution in [3.05, 3.63) is 48.1 Å². The van der Waals surface area contributed by atoms with Gasteiger partial charge in [-0.2, -0.15) is 0 Å². The molecule has 1 atom stereocenters. The van der Waals surface area contributed by atoms with Crippen LogP contribution in [0.15, 0.2) is 31.0 Å². The van der Waals surface area contributed by atoms with Gasteiger partial charge in [0.25, 0.3) is 0 Å². The number of aryl methyl sites for hydroxylation is 1. The summed E-state index contributed by atoms with van der Waals surface area (Å²) >= 11 is 0. The molecule has 2 aromatic rings. The topological polar surface area (TPSA) is 77.6 Å². The molecule has 2 rings (SSSR count). The summed E-state index contributed by atoms with van der Waals surface area (Å²) in [7, 11) is 0. The van der Waals surface area contributed by atoms with Crippen molar-refractivity contribution in [1.82, 2.24) is 19.9 Å². The predicted molar refractivity (Wildman–Crippen MR) is 54.8 cm³/mol. The quantitative estimate of drug-likeness (QED) is 0.770. The first-order chi connectivity index (χ1) is 7.27. The molecule has 0 amide bonds. The van der Waals surface area contributed by atoms with E-state index in [4.69, 9.17) is 5.73 Å². The molecule has 15 heavy (non-hydrogen) atoms. The Morgan fingerprint density at radius 3 is 2.67 bits per heavy atom. The smallest absolute Gasteiger partial charge is 0.125 e. The Morgan fingerprint density at radius 1 is 1.27 bits per heavy atom. The molecule has 1 unspecified atom stereocenters. The molecule has 0 radical (unpaired) electrons. The van der Waals surface area contributed by atoms with E-state index >= 15 is 0 Å². The molecule has 0 saturated heterocycles. The molecule has 0 aromatic carbocycles.